The summed E-state index contributed by atoms with van der Waals surface area (Å²) in [5.74, 6) is 0.0269. The molecule has 116 valence electrons. The van der Waals surface area contributed by atoms with Crippen molar-refractivity contribution in [1.29, 1.82) is 0 Å². The van der Waals surface area contributed by atoms with Gasteiger partial charge in [-0.1, -0.05) is 30.3 Å². The first kappa shape index (κ1) is 14.8. The number of carbonyl (C=O) groups excluding carboxylic acids is 1. The van der Waals surface area contributed by atoms with Crippen LogP contribution in [0.5, 0.6) is 0 Å². The van der Waals surface area contributed by atoms with Crippen LogP contribution in [-0.2, 0) is 6.54 Å². The number of hydrogen-bond donors (Lipinski definition) is 1. The lowest BCUT2D eigenvalue weighted by Crippen LogP contribution is -2.45. The molecule has 0 atom stereocenters. The lowest BCUT2D eigenvalue weighted by molar-refractivity contribution is 0.0630. The summed E-state index contributed by atoms with van der Waals surface area (Å²) in [5, 5.41) is 6.60. The first-order valence-corrected chi connectivity index (χ1v) is 7.77. The zero-order valence-electron chi connectivity index (χ0n) is 12.9. The van der Waals surface area contributed by atoms with Crippen molar-refractivity contribution >= 4 is 5.91 Å². The minimum Gasteiger partial charge on any atom is -0.337 e. The van der Waals surface area contributed by atoms with E-state index in [0.717, 1.165) is 32.5 Å². The molecule has 2 heterocycles. The largest absolute Gasteiger partial charge is 0.337 e. The first-order valence-electron chi connectivity index (χ1n) is 7.77. The zero-order valence-corrected chi connectivity index (χ0v) is 12.9. The molecule has 1 N–H and O–H groups in total. The van der Waals surface area contributed by atoms with Crippen LogP contribution in [0, 0.1) is 0 Å². The van der Waals surface area contributed by atoms with Gasteiger partial charge in [0.25, 0.3) is 5.91 Å². The van der Waals surface area contributed by atoms with Gasteiger partial charge in [0.2, 0.25) is 0 Å². The molecule has 22 heavy (non-hydrogen) atoms. The molecule has 0 aliphatic carbocycles. The fourth-order valence-corrected chi connectivity index (χ4v) is 3.04. The van der Waals surface area contributed by atoms with Gasteiger partial charge in [0.15, 0.2) is 0 Å². The molecule has 0 bridgehead atoms. The Morgan fingerprint density at radius 2 is 2.00 bits per heavy atom. The highest BCUT2D eigenvalue weighted by atomic mass is 16.2. The number of aromatic amines is 1. The Hall–Kier alpha value is -2.14. The second kappa shape index (κ2) is 6.75. The SMILES string of the molecule is CN(C(=O)c1ccn[nH]1)C1CCN(Cc2ccccc2)CC1. The lowest BCUT2D eigenvalue weighted by Gasteiger charge is -2.36. The van der Waals surface area contributed by atoms with Crippen LogP contribution in [0.1, 0.15) is 28.9 Å². The molecule has 1 aromatic carbocycles. The molecule has 0 spiro atoms. The van der Waals surface area contributed by atoms with Crippen molar-refractivity contribution in [3.05, 3.63) is 53.9 Å². The van der Waals surface area contributed by atoms with E-state index < -0.39 is 0 Å². The Morgan fingerprint density at radius 1 is 1.27 bits per heavy atom. The molecular weight excluding hydrogens is 276 g/mol. The van der Waals surface area contributed by atoms with Crippen LogP contribution in [0.3, 0.4) is 0 Å². The van der Waals surface area contributed by atoms with Gasteiger partial charge in [-0.2, -0.15) is 5.10 Å². The maximum atomic E-state index is 12.3. The van der Waals surface area contributed by atoms with Gasteiger partial charge in [0, 0.05) is 38.9 Å². The Bertz CT molecular complexity index is 588. The van der Waals surface area contributed by atoms with E-state index in [4.69, 9.17) is 0 Å². The third-order valence-electron chi connectivity index (χ3n) is 4.41. The number of rotatable bonds is 4. The minimum atomic E-state index is 0.0269. The molecule has 1 fully saturated rings. The van der Waals surface area contributed by atoms with Crippen molar-refractivity contribution in [2.75, 3.05) is 20.1 Å². The summed E-state index contributed by atoms with van der Waals surface area (Å²) in [5.41, 5.74) is 1.91. The fraction of sp³-hybridized carbons (Fsp3) is 0.412. The summed E-state index contributed by atoms with van der Waals surface area (Å²) < 4.78 is 0. The Morgan fingerprint density at radius 3 is 2.64 bits per heavy atom. The van der Waals surface area contributed by atoms with Crippen LogP contribution in [0.25, 0.3) is 0 Å². The number of hydrogen-bond acceptors (Lipinski definition) is 3. The number of amides is 1. The van der Waals surface area contributed by atoms with Crippen LogP contribution in [0.4, 0.5) is 0 Å². The second-order valence-electron chi connectivity index (χ2n) is 5.88. The number of nitrogens with one attached hydrogen (secondary N) is 1. The van der Waals surface area contributed by atoms with Crippen molar-refractivity contribution in [3.8, 4) is 0 Å². The van der Waals surface area contributed by atoms with Gasteiger partial charge < -0.3 is 4.90 Å². The van der Waals surface area contributed by atoms with Crippen LogP contribution in [0.2, 0.25) is 0 Å². The highest BCUT2D eigenvalue weighted by Gasteiger charge is 2.26. The Labute approximate surface area is 130 Å². The molecule has 5 heteroatoms. The van der Waals surface area contributed by atoms with Crippen molar-refractivity contribution < 1.29 is 4.79 Å². The van der Waals surface area contributed by atoms with Gasteiger partial charge in [-0.05, 0) is 24.5 Å². The zero-order chi connectivity index (χ0) is 15.4. The summed E-state index contributed by atoms with van der Waals surface area (Å²) >= 11 is 0. The third kappa shape index (κ3) is 3.36. The van der Waals surface area contributed by atoms with E-state index in [1.54, 1.807) is 12.3 Å². The van der Waals surface area contributed by atoms with Crippen molar-refractivity contribution in [1.82, 2.24) is 20.0 Å². The average Bonchev–Trinajstić information content (AvgIpc) is 3.10. The van der Waals surface area contributed by atoms with Gasteiger partial charge >= 0.3 is 0 Å². The fourth-order valence-electron chi connectivity index (χ4n) is 3.04. The number of likely N-dealkylation sites (tertiary alicyclic amines) is 1. The molecule has 1 aromatic heterocycles. The van der Waals surface area contributed by atoms with E-state index >= 15 is 0 Å². The number of benzene rings is 1. The van der Waals surface area contributed by atoms with Crippen molar-refractivity contribution in [3.63, 3.8) is 0 Å². The van der Waals surface area contributed by atoms with Gasteiger partial charge in [-0.15, -0.1) is 0 Å². The van der Waals surface area contributed by atoms with Crippen LogP contribution in [0.15, 0.2) is 42.6 Å². The molecule has 1 amide bonds. The van der Waals surface area contributed by atoms with E-state index in [0.29, 0.717) is 11.7 Å². The Kier molecular flexibility index (Phi) is 4.53. The van der Waals surface area contributed by atoms with Gasteiger partial charge in [-0.25, -0.2) is 0 Å². The maximum absolute atomic E-state index is 12.3. The van der Waals surface area contributed by atoms with Gasteiger partial charge in [0.1, 0.15) is 5.69 Å². The smallest absolute Gasteiger partial charge is 0.271 e. The van der Waals surface area contributed by atoms with Crippen molar-refractivity contribution in [2.24, 2.45) is 0 Å². The van der Waals surface area contributed by atoms with E-state index in [1.165, 1.54) is 5.56 Å². The molecule has 0 saturated carbocycles. The highest BCUT2D eigenvalue weighted by molar-refractivity contribution is 5.92. The molecule has 2 aromatic rings. The third-order valence-corrected chi connectivity index (χ3v) is 4.41. The molecule has 0 unspecified atom stereocenters. The van der Waals surface area contributed by atoms with Gasteiger partial charge in [0.05, 0.1) is 0 Å². The van der Waals surface area contributed by atoms with Crippen LogP contribution in [-0.4, -0.2) is 52.1 Å². The number of piperidine rings is 1. The standard InChI is InChI=1S/C17H22N4O/c1-20(17(22)16-7-10-18-19-16)15-8-11-21(12-9-15)13-14-5-3-2-4-6-14/h2-7,10,15H,8-9,11-13H2,1H3,(H,18,19). The quantitative estimate of drug-likeness (QED) is 0.941. The summed E-state index contributed by atoms with van der Waals surface area (Å²) in [7, 11) is 1.89. The average molecular weight is 298 g/mol. The number of aromatic nitrogens is 2. The van der Waals surface area contributed by atoms with E-state index in [2.05, 4.69) is 39.4 Å². The number of carbonyl (C=O) groups is 1. The molecule has 1 saturated heterocycles. The molecule has 1 aliphatic rings. The minimum absolute atomic E-state index is 0.0269. The van der Waals surface area contributed by atoms with Crippen molar-refractivity contribution in [2.45, 2.75) is 25.4 Å². The van der Waals surface area contributed by atoms with Gasteiger partial charge in [-0.3, -0.25) is 14.8 Å². The lowest BCUT2D eigenvalue weighted by atomic mass is 10.0. The topological polar surface area (TPSA) is 52.2 Å². The molecule has 0 radical (unpaired) electrons. The summed E-state index contributed by atoms with van der Waals surface area (Å²) in [6, 6.07) is 12.6. The van der Waals surface area contributed by atoms with E-state index in [9.17, 15) is 4.79 Å². The number of H-pyrrole nitrogens is 1. The molecule has 1 aliphatic heterocycles. The van der Waals surface area contributed by atoms with E-state index in [1.807, 2.05) is 18.0 Å². The summed E-state index contributed by atoms with van der Waals surface area (Å²) in [6.07, 6.45) is 3.65. The molecule has 5 nitrogen and oxygen atoms in total. The number of nitrogens with zero attached hydrogens (tertiary/aromatic N) is 3. The molecule has 3 rings (SSSR count). The normalized spacial score (nSPS) is 16.6. The van der Waals surface area contributed by atoms with E-state index in [-0.39, 0.29) is 5.91 Å². The highest BCUT2D eigenvalue weighted by Crippen LogP contribution is 2.18. The summed E-state index contributed by atoms with van der Waals surface area (Å²) in [6.45, 7) is 3.05. The first-order chi connectivity index (χ1) is 10.7. The molecular formula is C17H22N4O. The maximum Gasteiger partial charge on any atom is 0.271 e. The van der Waals surface area contributed by atoms with Crippen LogP contribution >= 0.6 is 0 Å². The predicted molar refractivity (Wildman–Crippen MR) is 85.4 cm³/mol. The Balaban J connectivity index is 1.52. The summed E-state index contributed by atoms with van der Waals surface area (Å²) in [4.78, 5) is 16.6. The van der Waals surface area contributed by atoms with Crippen LogP contribution < -0.4 is 0 Å². The monoisotopic (exact) mass is 298 g/mol. The second-order valence-corrected chi connectivity index (χ2v) is 5.88. The predicted octanol–water partition coefficient (Wildman–Crippen LogP) is 2.15.